The topological polar surface area (TPSA) is 86.8 Å². The molecule has 2 amide bonds. The second kappa shape index (κ2) is 14.0. The van der Waals surface area contributed by atoms with E-state index < -0.39 is 16.1 Å². The highest BCUT2D eigenvalue weighted by Crippen LogP contribution is 2.20. The largest absolute Gasteiger partial charge is 0.352 e. The minimum atomic E-state index is -3.50. The molecular weight excluding hydrogens is 474 g/mol. The van der Waals surface area contributed by atoms with Crippen LogP contribution < -0.4 is 9.62 Å². The lowest BCUT2D eigenvalue weighted by Gasteiger charge is -2.32. The molecule has 0 aliphatic heterocycles. The lowest BCUT2D eigenvalue weighted by molar-refractivity contribution is -0.141. The van der Waals surface area contributed by atoms with Crippen LogP contribution in [-0.4, -0.2) is 56.6 Å². The van der Waals surface area contributed by atoms with Gasteiger partial charge in [-0.15, -0.1) is 0 Å². The van der Waals surface area contributed by atoms with Gasteiger partial charge >= 0.3 is 0 Å². The van der Waals surface area contributed by atoms with Crippen molar-refractivity contribution in [3.8, 4) is 0 Å². The highest BCUT2D eigenvalue weighted by atomic mass is 32.2. The number of rotatable bonds is 14. The molecule has 2 unspecified atom stereocenters. The number of sulfonamides is 1. The Morgan fingerprint density at radius 1 is 0.944 bits per heavy atom. The molecule has 0 saturated heterocycles. The molecule has 0 aliphatic carbocycles. The lowest BCUT2D eigenvalue weighted by Crippen LogP contribution is -2.51. The quantitative estimate of drug-likeness (QED) is 0.406. The van der Waals surface area contributed by atoms with Crippen molar-refractivity contribution in [1.82, 2.24) is 10.2 Å². The Kier molecular flexibility index (Phi) is 11.4. The first kappa shape index (κ1) is 29.4. The summed E-state index contributed by atoms with van der Waals surface area (Å²) in [6.07, 6.45) is 3.62. The first-order chi connectivity index (χ1) is 17.1. The summed E-state index contributed by atoms with van der Waals surface area (Å²) in [5.41, 5.74) is 2.71. The van der Waals surface area contributed by atoms with Crippen molar-refractivity contribution >= 4 is 27.5 Å². The summed E-state index contributed by atoms with van der Waals surface area (Å²) in [4.78, 5) is 28.1. The van der Waals surface area contributed by atoms with Gasteiger partial charge in [0.25, 0.3) is 0 Å². The number of anilines is 1. The van der Waals surface area contributed by atoms with E-state index >= 15 is 0 Å². The maximum absolute atomic E-state index is 13.4. The SMILES string of the molecule is CCC(C)NC(=O)C(CC)N(CCc1ccccc1)C(=O)CCCN(c1ccc(C)cc1)S(C)(=O)=O. The molecule has 0 spiro atoms. The van der Waals surface area contributed by atoms with Crippen LogP contribution in [0.2, 0.25) is 0 Å². The van der Waals surface area contributed by atoms with E-state index in [2.05, 4.69) is 5.32 Å². The number of benzene rings is 2. The minimum Gasteiger partial charge on any atom is -0.352 e. The van der Waals surface area contributed by atoms with Gasteiger partial charge in [-0.05, 0) is 57.2 Å². The van der Waals surface area contributed by atoms with Crippen molar-refractivity contribution in [3.63, 3.8) is 0 Å². The molecule has 0 aliphatic rings. The van der Waals surface area contributed by atoms with Gasteiger partial charge < -0.3 is 10.2 Å². The molecule has 36 heavy (non-hydrogen) atoms. The van der Waals surface area contributed by atoms with E-state index in [0.29, 0.717) is 31.5 Å². The summed E-state index contributed by atoms with van der Waals surface area (Å²) in [5, 5.41) is 3.01. The van der Waals surface area contributed by atoms with Gasteiger partial charge in [-0.25, -0.2) is 8.42 Å². The van der Waals surface area contributed by atoms with E-state index in [4.69, 9.17) is 0 Å². The van der Waals surface area contributed by atoms with Gasteiger partial charge in [0.05, 0.1) is 11.9 Å². The summed E-state index contributed by atoms with van der Waals surface area (Å²) in [6, 6.07) is 16.6. The number of carbonyl (C=O) groups is 2. The molecule has 0 radical (unpaired) electrons. The molecule has 8 heteroatoms. The van der Waals surface area contributed by atoms with E-state index in [0.717, 1.165) is 17.5 Å². The van der Waals surface area contributed by atoms with E-state index in [-0.39, 0.29) is 30.8 Å². The molecule has 198 valence electrons. The van der Waals surface area contributed by atoms with E-state index in [1.54, 1.807) is 17.0 Å². The zero-order valence-corrected chi connectivity index (χ0v) is 23.1. The third-order valence-electron chi connectivity index (χ3n) is 6.35. The molecule has 0 saturated carbocycles. The third-order valence-corrected chi connectivity index (χ3v) is 7.54. The van der Waals surface area contributed by atoms with Crippen LogP contribution in [0, 0.1) is 6.92 Å². The third kappa shape index (κ3) is 8.97. The van der Waals surface area contributed by atoms with E-state index in [1.165, 1.54) is 10.6 Å². The van der Waals surface area contributed by atoms with Crippen LogP contribution in [-0.2, 0) is 26.0 Å². The van der Waals surface area contributed by atoms with Gasteiger partial charge in [0.15, 0.2) is 0 Å². The normalized spacial score (nSPS) is 13.0. The number of carbonyl (C=O) groups excluding carboxylic acids is 2. The molecule has 0 fully saturated rings. The summed E-state index contributed by atoms with van der Waals surface area (Å²) in [6.45, 7) is 8.42. The van der Waals surface area contributed by atoms with Crippen LogP contribution in [0.1, 0.15) is 57.6 Å². The van der Waals surface area contributed by atoms with Gasteiger partial charge in [0.1, 0.15) is 6.04 Å². The van der Waals surface area contributed by atoms with E-state index in [9.17, 15) is 18.0 Å². The second-order valence-electron chi connectivity index (χ2n) is 9.34. The fraction of sp³-hybridized carbons (Fsp3) is 0.500. The number of hydrogen-bond acceptors (Lipinski definition) is 4. The fourth-order valence-corrected chi connectivity index (χ4v) is 5.02. The monoisotopic (exact) mass is 515 g/mol. The highest BCUT2D eigenvalue weighted by Gasteiger charge is 2.29. The maximum Gasteiger partial charge on any atom is 0.243 e. The average Bonchev–Trinajstić information content (AvgIpc) is 2.84. The molecular formula is C28H41N3O4S. The minimum absolute atomic E-state index is 0.0236. The molecule has 0 heterocycles. The number of aryl methyl sites for hydroxylation is 1. The lowest BCUT2D eigenvalue weighted by atomic mass is 10.1. The number of nitrogens with zero attached hydrogens (tertiary/aromatic N) is 2. The van der Waals surface area contributed by atoms with Crippen LogP contribution in [0.4, 0.5) is 5.69 Å². The van der Waals surface area contributed by atoms with E-state index in [1.807, 2.05) is 70.2 Å². The number of nitrogens with one attached hydrogen (secondary N) is 1. The average molecular weight is 516 g/mol. The smallest absolute Gasteiger partial charge is 0.243 e. The fourth-order valence-electron chi connectivity index (χ4n) is 4.05. The van der Waals surface area contributed by atoms with Gasteiger partial charge in [-0.2, -0.15) is 0 Å². The summed E-state index contributed by atoms with van der Waals surface area (Å²) in [5.74, 6) is -0.292. The highest BCUT2D eigenvalue weighted by molar-refractivity contribution is 7.92. The molecule has 1 N–H and O–H groups in total. The van der Waals surface area contributed by atoms with Crippen molar-refractivity contribution in [2.24, 2.45) is 0 Å². The molecule has 2 rings (SSSR count). The second-order valence-corrected chi connectivity index (χ2v) is 11.2. The van der Waals surface area contributed by atoms with Gasteiger partial charge in [0, 0.05) is 25.6 Å². The number of amides is 2. The Balaban J connectivity index is 2.15. The molecule has 0 bridgehead atoms. The standard InChI is InChI=1S/C28H41N3O4S/c1-6-23(4)29-28(33)26(7-2)30(21-19-24-12-9-8-10-13-24)27(32)14-11-20-31(36(5,34)35)25-17-15-22(3)16-18-25/h8-10,12-13,15-18,23,26H,6-7,11,14,19-21H2,1-5H3,(H,29,33). The van der Waals surface area contributed by atoms with Crippen molar-refractivity contribution in [2.75, 3.05) is 23.7 Å². The Bertz CT molecular complexity index is 1070. The van der Waals surface area contributed by atoms with Crippen molar-refractivity contribution in [3.05, 3.63) is 65.7 Å². The zero-order valence-electron chi connectivity index (χ0n) is 22.2. The Morgan fingerprint density at radius 2 is 1.58 bits per heavy atom. The first-order valence-electron chi connectivity index (χ1n) is 12.7. The first-order valence-corrected chi connectivity index (χ1v) is 14.6. The molecule has 2 atom stereocenters. The zero-order chi connectivity index (χ0) is 26.7. The Labute approximate surface area is 216 Å². The summed E-state index contributed by atoms with van der Waals surface area (Å²) >= 11 is 0. The Morgan fingerprint density at radius 3 is 2.14 bits per heavy atom. The van der Waals surface area contributed by atoms with Crippen molar-refractivity contribution in [2.45, 2.75) is 71.9 Å². The predicted octanol–water partition coefficient (Wildman–Crippen LogP) is 4.31. The van der Waals surface area contributed by atoms with Crippen LogP contribution >= 0.6 is 0 Å². The number of hydrogen-bond donors (Lipinski definition) is 1. The van der Waals surface area contributed by atoms with Gasteiger partial charge in [-0.3, -0.25) is 13.9 Å². The van der Waals surface area contributed by atoms with Crippen LogP contribution in [0.15, 0.2) is 54.6 Å². The van der Waals surface area contributed by atoms with Gasteiger partial charge in [0.2, 0.25) is 21.8 Å². The molecule has 2 aromatic rings. The molecule has 2 aromatic carbocycles. The van der Waals surface area contributed by atoms with Crippen LogP contribution in [0.25, 0.3) is 0 Å². The van der Waals surface area contributed by atoms with Gasteiger partial charge in [-0.1, -0.05) is 61.9 Å². The van der Waals surface area contributed by atoms with Crippen LogP contribution in [0.5, 0.6) is 0 Å². The predicted molar refractivity (Wildman–Crippen MR) is 146 cm³/mol. The van der Waals surface area contributed by atoms with Crippen molar-refractivity contribution < 1.29 is 18.0 Å². The summed E-state index contributed by atoms with van der Waals surface area (Å²) < 4.78 is 26.2. The molecule has 7 nitrogen and oxygen atoms in total. The van der Waals surface area contributed by atoms with Crippen LogP contribution in [0.3, 0.4) is 0 Å². The summed E-state index contributed by atoms with van der Waals surface area (Å²) in [7, 11) is -3.50. The Hall–Kier alpha value is -2.87. The molecule has 0 aromatic heterocycles. The van der Waals surface area contributed by atoms with Crippen molar-refractivity contribution in [1.29, 1.82) is 0 Å². The maximum atomic E-state index is 13.4.